The van der Waals surface area contributed by atoms with Crippen LogP contribution in [0.2, 0.25) is 0 Å². The minimum Gasteiger partial charge on any atom is -0.480 e. The number of hydrogen-bond acceptors (Lipinski definition) is 5. The minimum atomic E-state index is -1.11. The Labute approximate surface area is 119 Å². The van der Waals surface area contributed by atoms with Gasteiger partial charge in [0, 0.05) is 23.1 Å². The van der Waals surface area contributed by atoms with E-state index < -0.39 is 16.9 Å². The van der Waals surface area contributed by atoms with Gasteiger partial charge in [-0.25, -0.2) is 4.79 Å². The second kappa shape index (κ2) is 7.49. The quantitative estimate of drug-likeness (QED) is 0.426. The average molecular weight is 298 g/mol. The van der Waals surface area contributed by atoms with Gasteiger partial charge in [-0.2, -0.15) is 11.8 Å². The minimum absolute atomic E-state index is 0.0453. The molecule has 8 heteroatoms. The van der Waals surface area contributed by atoms with Gasteiger partial charge in [-0.1, -0.05) is 12.1 Å². The van der Waals surface area contributed by atoms with Gasteiger partial charge in [-0.3, -0.25) is 14.9 Å². The van der Waals surface area contributed by atoms with E-state index in [0.717, 1.165) is 5.56 Å². The van der Waals surface area contributed by atoms with Crippen LogP contribution in [0.4, 0.5) is 5.69 Å². The summed E-state index contributed by atoms with van der Waals surface area (Å²) in [4.78, 5) is 31.4. The van der Waals surface area contributed by atoms with Gasteiger partial charge < -0.3 is 10.4 Å². The third kappa shape index (κ3) is 4.23. The van der Waals surface area contributed by atoms with E-state index in [4.69, 9.17) is 5.11 Å². The van der Waals surface area contributed by atoms with Gasteiger partial charge in [0.2, 0.25) is 6.41 Å². The largest absolute Gasteiger partial charge is 0.480 e. The highest BCUT2D eigenvalue weighted by Crippen LogP contribution is 2.24. The fraction of sp³-hybridized carbons (Fsp3) is 0.333. The molecule has 108 valence electrons. The second-order valence-corrected chi connectivity index (χ2v) is 5.04. The first-order chi connectivity index (χ1) is 9.47. The molecule has 1 aromatic carbocycles. The van der Waals surface area contributed by atoms with Crippen LogP contribution in [0.3, 0.4) is 0 Å². The van der Waals surface area contributed by atoms with Crippen LogP contribution in [-0.2, 0) is 15.3 Å². The van der Waals surface area contributed by atoms with Gasteiger partial charge in [0.25, 0.3) is 5.69 Å². The van der Waals surface area contributed by atoms with E-state index in [-0.39, 0.29) is 11.4 Å². The summed E-state index contributed by atoms with van der Waals surface area (Å²) in [6.07, 6.45) is 0.345. The van der Waals surface area contributed by atoms with E-state index in [2.05, 4.69) is 5.32 Å². The Balaban J connectivity index is 2.66. The van der Waals surface area contributed by atoms with Crippen LogP contribution in [0.15, 0.2) is 18.2 Å². The predicted octanol–water partition coefficient (Wildman–Crippen LogP) is 1.34. The molecule has 0 aliphatic rings. The molecule has 2 N–H and O–H groups in total. The van der Waals surface area contributed by atoms with Gasteiger partial charge in [0.15, 0.2) is 0 Å². The van der Waals surface area contributed by atoms with E-state index in [0.29, 0.717) is 17.7 Å². The Morgan fingerprint density at radius 1 is 1.60 bits per heavy atom. The van der Waals surface area contributed by atoms with E-state index in [1.165, 1.54) is 17.8 Å². The Bertz CT molecular complexity index is 521. The van der Waals surface area contributed by atoms with Crippen LogP contribution in [0.5, 0.6) is 0 Å². The smallest absolute Gasteiger partial charge is 0.327 e. The summed E-state index contributed by atoms with van der Waals surface area (Å²) >= 11 is 1.29. The summed E-state index contributed by atoms with van der Waals surface area (Å²) in [5.41, 5.74) is 1.39. The zero-order valence-corrected chi connectivity index (χ0v) is 11.6. The molecule has 0 aromatic heterocycles. The predicted molar refractivity (Wildman–Crippen MR) is 74.6 cm³/mol. The molecule has 20 heavy (non-hydrogen) atoms. The van der Waals surface area contributed by atoms with Crippen molar-refractivity contribution in [1.82, 2.24) is 5.32 Å². The number of carboxylic acid groups (broad SMARTS) is 1. The number of thioether (sulfide) groups is 1. The van der Waals surface area contributed by atoms with Crippen molar-refractivity contribution in [3.8, 4) is 0 Å². The van der Waals surface area contributed by atoms with Gasteiger partial charge in [0.05, 0.1) is 4.92 Å². The molecule has 1 unspecified atom stereocenters. The number of carbonyl (C=O) groups is 2. The molecular formula is C12H14N2O5S. The SMILES string of the molecule is Cc1c(CSCC(NC=O)C(=O)O)cccc1[N+](=O)[O-]. The van der Waals surface area contributed by atoms with Gasteiger partial charge >= 0.3 is 5.97 Å². The summed E-state index contributed by atoms with van der Waals surface area (Å²) in [6, 6.07) is 3.83. The number of carbonyl (C=O) groups excluding carboxylic acids is 1. The zero-order valence-electron chi connectivity index (χ0n) is 10.7. The van der Waals surface area contributed by atoms with Crippen molar-refractivity contribution in [2.24, 2.45) is 0 Å². The number of nitro groups is 1. The van der Waals surface area contributed by atoms with Crippen molar-refractivity contribution in [2.45, 2.75) is 18.7 Å². The van der Waals surface area contributed by atoms with E-state index in [1.807, 2.05) is 0 Å². The Morgan fingerprint density at radius 2 is 2.30 bits per heavy atom. The Hall–Kier alpha value is -2.09. The molecule has 0 radical (unpaired) electrons. The van der Waals surface area contributed by atoms with Gasteiger partial charge in [-0.15, -0.1) is 0 Å². The van der Waals surface area contributed by atoms with Crippen LogP contribution < -0.4 is 5.32 Å². The normalized spacial score (nSPS) is 11.7. The summed E-state index contributed by atoms with van der Waals surface area (Å²) < 4.78 is 0. The van der Waals surface area contributed by atoms with Gasteiger partial charge in [-0.05, 0) is 12.5 Å². The lowest BCUT2D eigenvalue weighted by atomic mass is 10.1. The lowest BCUT2D eigenvalue weighted by molar-refractivity contribution is -0.385. The number of nitrogens with one attached hydrogen (secondary N) is 1. The molecule has 7 nitrogen and oxygen atoms in total. The molecule has 1 aromatic rings. The summed E-state index contributed by atoms with van der Waals surface area (Å²) in [7, 11) is 0. The summed E-state index contributed by atoms with van der Waals surface area (Å²) in [6.45, 7) is 1.66. The third-order valence-corrected chi connectivity index (χ3v) is 3.81. The third-order valence-electron chi connectivity index (χ3n) is 2.72. The van der Waals surface area contributed by atoms with E-state index in [1.54, 1.807) is 19.1 Å². The molecule has 0 saturated carbocycles. The second-order valence-electron chi connectivity index (χ2n) is 4.01. The number of rotatable bonds is 8. The Morgan fingerprint density at radius 3 is 2.85 bits per heavy atom. The number of carboxylic acids is 1. The molecule has 1 amide bonds. The van der Waals surface area contributed by atoms with Crippen molar-refractivity contribution in [3.63, 3.8) is 0 Å². The van der Waals surface area contributed by atoms with Gasteiger partial charge in [0.1, 0.15) is 6.04 Å². The summed E-state index contributed by atoms with van der Waals surface area (Å²) in [5.74, 6) is -0.478. The summed E-state index contributed by atoms with van der Waals surface area (Å²) in [5, 5.41) is 21.9. The van der Waals surface area contributed by atoms with Crippen LogP contribution >= 0.6 is 11.8 Å². The van der Waals surface area contributed by atoms with Crippen LogP contribution in [-0.4, -0.2) is 34.2 Å². The molecular weight excluding hydrogens is 284 g/mol. The van der Waals surface area contributed by atoms with Crippen molar-refractivity contribution < 1.29 is 19.6 Å². The Kier molecular flexibility index (Phi) is 5.98. The molecule has 1 atom stereocenters. The van der Waals surface area contributed by atoms with Crippen molar-refractivity contribution in [2.75, 3.05) is 5.75 Å². The molecule has 0 aliphatic carbocycles. The molecule has 0 bridgehead atoms. The van der Waals surface area contributed by atoms with Crippen LogP contribution in [0, 0.1) is 17.0 Å². The molecule has 0 aliphatic heterocycles. The highest BCUT2D eigenvalue weighted by atomic mass is 32.2. The molecule has 0 saturated heterocycles. The fourth-order valence-electron chi connectivity index (χ4n) is 1.58. The maximum absolute atomic E-state index is 10.8. The topological polar surface area (TPSA) is 110 Å². The van der Waals surface area contributed by atoms with Crippen molar-refractivity contribution in [1.29, 1.82) is 0 Å². The number of benzene rings is 1. The lowest BCUT2D eigenvalue weighted by Crippen LogP contribution is -2.37. The fourth-order valence-corrected chi connectivity index (χ4v) is 2.71. The van der Waals surface area contributed by atoms with E-state index >= 15 is 0 Å². The maximum atomic E-state index is 10.8. The average Bonchev–Trinajstić information content (AvgIpc) is 2.39. The standard InChI is InChI=1S/C12H14N2O5S/c1-8-9(3-2-4-11(8)14(18)19)5-20-6-10(12(16)17)13-7-15/h2-4,7,10H,5-6H2,1H3,(H,13,15)(H,16,17). The first-order valence-corrected chi connectivity index (χ1v) is 6.86. The lowest BCUT2D eigenvalue weighted by Gasteiger charge is -2.11. The van der Waals surface area contributed by atoms with E-state index in [9.17, 15) is 19.7 Å². The number of aliphatic carboxylic acids is 1. The van der Waals surface area contributed by atoms with Crippen LogP contribution in [0.25, 0.3) is 0 Å². The first kappa shape index (κ1) is 16.0. The molecule has 0 spiro atoms. The highest BCUT2D eigenvalue weighted by Gasteiger charge is 2.17. The van der Waals surface area contributed by atoms with Crippen molar-refractivity contribution in [3.05, 3.63) is 39.4 Å². The number of nitro benzene ring substituents is 1. The van der Waals surface area contributed by atoms with Crippen molar-refractivity contribution >= 4 is 29.8 Å². The highest BCUT2D eigenvalue weighted by molar-refractivity contribution is 7.98. The monoisotopic (exact) mass is 298 g/mol. The molecule has 1 rings (SSSR count). The maximum Gasteiger partial charge on any atom is 0.327 e. The molecule has 0 heterocycles. The zero-order chi connectivity index (χ0) is 15.1. The number of hydrogen-bond donors (Lipinski definition) is 2. The number of amides is 1. The number of nitrogens with zero attached hydrogens (tertiary/aromatic N) is 1. The first-order valence-electron chi connectivity index (χ1n) is 5.70. The molecule has 0 fully saturated rings. The van der Waals surface area contributed by atoms with Crippen LogP contribution in [0.1, 0.15) is 11.1 Å².